The van der Waals surface area contributed by atoms with Crippen molar-refractivity contribution in [2.75, 3.05) is 0 Å². The first-order valence-electron chi connectivity index (χ1n) is 5.40. The second-order valence-electron chi connectivity index (χ2n) is 5.13. The first kappa shape index (κ1) is 11.6. The summed E-state index contributed by atoms with van der Waals surface area (Å²) in [5, 5.41) is 10.9. The number of nitrogens with zero attached hydrogens (tertiary/aromatic N) is 2. The second-order valence-corrected chi connectivity index (χ2v) is 5.13. The predicted molar refractivity (Wildman–Crippen MR) is 62.7 cm³/mol. The number of benzene rings is 1. The van der Waals surface area contributed by atoms with Gasteiger partial charge in [-0.3, -0.25) is 14.9 Å². The quantitative estimate of drug-likeness (QED) is 0.553. The summed E-state index contributed by atoms with van der Waals surface area (Å²) in [6.07, 6.45) is 0. The van der Waals surface area contributed by atoms with Gasteiger partial charge >= 0.3 is 0 Å². The van der Waals surface area contributed by atoms with Crippen LogP contribution in [-0.4, -0.2) is 21.3 Å². The van der Waals surface area contributed by atoms with Crippen LogP contribution in [0.25, 0.3) is 0 Å². The summed E-state index contributed by atoms with van der Waals surface area (Å²) in [5.41, 5.74) is 0.551. The standard InChI is InChI=1S/C12H14N2O3/c1-12(2,3)13-7-8-5-4-6-9(14(16)17)10(8)11(13)15/h4-6H,7H2,1-3H3. The Morgan fingerprint density at radius 3 is 2.53 bits per heavy atom. The summed E-state index contributed by atoms with van der Waals surface area (Å²) in [6, 6.07) is 4.77. The van der Waals surface area contributed by atoms with Crippen LogP contribution in [0.4, 0.5) is 5.69 Å². The summed E-state index contributed by atoms with van der Waals surface area (Å²) in [7, 11) is 0. The van der Waals surface area contributed by atoms with Crippen molar-refractivity contribution >= 4 is 11.6 Å². The van der Waals surface area contributed by atoms with Crippen LogP contribution in [0.2, 0.25) is 0 Å². The lowest BCUT2D eigenvalue weighted by Gasteiger charge is -2.31. The van der Waals surface area contributed by atoms with E-state index in [0.29, 0.717) is 6.54 Å². The van der Waals surface area contributed by atoms with E-state index in [9.17, 15) is 14.9 Å². The maximum atomic E-state index is 12.2. The SMILES string of the molecule is CC(C)(C)N1Cc2cccc([N+](=O)[O-])c2C1=O. The fraction of sp³-hybridized carbons (Fsp3) is 0.417. The summed E-state index contributed by atoms with van der Waals surface area (Å²) in [6.45, 7) is 6.20. The molecule has 1 heterocycles. The number of amides is 1. The van der Waals surface area contributed by atoms with Crippen LogP contribution in [0, 0.1) is 10.1 Å². The van der Waals surface area contributed by atoms with E-state index in [0.717, 1.165) is 5.56 Å². The van der Waals surface area contributed by atoms with Crippen molar-refractivity contribution < 1.29 is 9.72 Å². The van der Waals surface area contributed by atoms with Gasteiger partial charge in [0.15, 0.2) is 0 Å². The van der Waals surface area contributed by atoms with Gasteiger partial charge < -0.3 is 4.90 Å². The van der Waals surface area contributed by atoms with Gasteiger partial charge in [0.2, 0.25) is 0 Å². The molecule has 0 fully saturated rings. The zero-order valence-corrected chi connectivity index (χ0v) is 10.1. The van der Waals surface area contributed by atoms with Crippen LogP contribution in [-0.2, 0) is 6.54 Å². The van der Waals surface area contributed by atoms with E-state index in [2.05, 4.69) is 0 Å². The van der Waals surface area contributed by atoms with Gasteiger partial charge in [0, 0.05) is 18.2 Å². The van der Waals surface area contributed by atoms with Crippen molar-refractivity contribution in [2.24, 2.45) is 0 Å². The molecule has 2 rings (SSSR count). The molecule has 0 saturated carbocycles. The van der Waals surface area contributed by atoms with E-state index in [4.69, 9.17) is 0 Å². The highest BCUT2D eigenvalue weighted by Gasteiger charge is 2.39. The minimum absolute atomic E-state index is 0.0979. The van der Waals surface area contributed by atoms with Gasteiger partial charge in [0.1, 0.15) is 5.56 Å². The van der Waals surface area contributed by atoms with Crippen molar-refractivity contribution in [3.8, 4) is 0 Å². The Kier molecular flexibility index (Phi) is 2.41. The van der Waals surface area contributed by atoms with E-state index >= 15 is 0 Å². The lowest BCUT2D eigenvalue weighted by atomic mass is 10.1. The van der Waals surface area contributed by atoms with Crippen molar-refractivity contribution in [3.05, 3.63) is 39.4 Å². The highest BCUT2D eigenvalue weighted by molar-refractivity contribution is 6.02. The molecule has 0 radical (unpaired) electrons. The highest BCUT2D eigenvalue weighted by Crippen LogP contribution is 2.34. The third-order valence-electron chi connectivity index (χ3n) is 2.92. The number of rotatable bonds is 1. The number of nitro groups is 1. The van der Waals surface area contributed by atoms with Gasteiger partial charge in [0.05, 0.1) is 4.92 Å². The zero-order valence-electron chi connectivity index (χ0n) is 10.1. The number of hydrogen-bond donors (Lipinski definition) is 0. The number of carbonyl (C=O) groups excluding carboxylic acids is 1. The molecule has 1 aliphatic rings. The Balaban J connectivity index is 2.53. The van der Waals surface area contributed by atoms with Gasteiger partial charge in [-0.2, -0.15) is 0 Å². The van der Waals surface area contributed by atoms with E-state index in [-0.39, 0.29) is 22.7 Å². The molecule has 0 atom stereocenters. The average molecular weight is 234 g/mol. The topological polar surface area (TPSA) is 63.4 Å². The van der Waals surface area contributed by atoms with E-state index in [1.165, 1.54) is 6.07 Å². The lowest BCUT2D eigenvalue weighted by molar-refractivity contribution is -0.385. The Morgan fingerprint density at radius 1 is 1.35 bits per heavy atom. The second kappa shape index (κ2) is 3.55. The maximum absolute atomic E-state index is 12.2. The third kappa shape index (κ3) is 1.77. The largest absolute Gasteiger partial charge is 0.329 e. The average Bonchev–Trinajstić information content (AvgIpc) is 2.55. The van der Waals surface area contributed by atoms with Crippen molar-refractivity contribution in [3.63, 3.8) is 0 Å². The van der Waals surface area contributed by atoms with Gasteiger partial charge in [-0.05, 0) is 26.3 Å². The molecule has 0 N–H and O–H groups in total. The third-order valence-corrected chi connectivity index (χ3v) is 2.92. The van der Waals surface area contributed by atoms with Crippen LogP contribution in [0.15, 0.2) is 18.2 Å². The number of hydrogen-bond acceptors (Lipinski definition) is 3. The fourth-order valence-electron chi connectivity index (χ4n) is 2.04. The molecule has 90 valence electrons. The van der Waals surface area contributed by atoms with Crippen molar-refractivity contribution in [2.45, 2.75) is 32.9 Å². The summed E-state index contributed by atoms with van der Waals surface area (Å²) < 4.78 is 0. The molecule has 0 aromatic heterocycles. The molecule has 0 spiro atoms. The maximum Gasteiger partial charge on any atom is 0.282 e. The van der Waals surface area contributed by atoms with Crippen molar-refractivity contribution in [1.29, 1.82) is 0 Å². The zero-order chi connectivity index (χ0) is 12.8. The molecular formula is C12H14N2O3. The molecule has 1 amide bonds. The van der Waals surface area contributed by atoms with Crippen LogP contribution >= 0.6 is 0 Å². The minimum Gasteiger partial charge on any atom is -0.329 e. The predicted octanol–water partition coefficient (Wildman–Crippen LogP) is 2.35. The molecular weight excluding hydrogens is 220 g/mol. The van der Waals surface area contributed by atoms with Crippen LogP contribution in [0.5, 0.6) is 0 Å². The Bertz CT molecular complexity index is 503. The monoisotopic (exact) mass is 234 g/mol. The Labute approximate surface area is 99.2 Å². The summed E-state index contributed by atoms with van der Waals surface area (Å²) in [4.78, 5) is 24.2. The fourth-order valence-corrected chi connectivity index (χ4v) is 2.04. The molecule has 1 aliphatic heterocycles. The Morgan fingerprint density at radius 2 is 2.00 bits per heavy atom. The van der Waals surface area contributed by atoms with E-state index in [1.807, 2.05) is 20.8 Å². The van der Waals surface area contributed by atoms with Gasteiger partial charge in [-0.15, -0.1) is 0 Å². The van der Waals surface area contributed by atoms with Crippen LogP contribution in [0.1, 0.15) is 36.7 Å². The van der Waals surface area contributed by atoms with E-state index < -0.39 is 4.92 Å². The summed E-state index contributed by atoms with van der Waals surface area (Å²) >= 11 is 0. The molecule has 5 heteroatoms. The molecule has 17 heavy (non-hydrogen) atoms. The minimum atomic E-state index is -0.497. The molecule has 1 aromatic rings. The molecule has 5 nitrogen and oxygen atoms in total. The Hall–Kier alpha value is -1.91. The number of fused-ring (bicyclic) bond motifs is 1. The number of nitro benzene ring substituents is 1. The highest BCUT2D eigenvalue weighted by atomic mass is 16.6. The van der Waals surface area contributed by atoms with Crippen molar-refractivity contribution in [1.82, 2.24) is 4.90 Å². The molecule has 0 saturated heterocycles. The normalized spacial score (nSPS) is 15.0. The molecule has 0 bridgehead atoms. The van der Waals surface area contributed by atoms with E-state index in [1.54, 1.807) is 17.0 Å². The lowest BCUT2D eigenvalue weighted by Crippen LogP contribution is -2.41. The van der Waals surface area contributed by atoms with Gasteiger partial charge in [-0.25, -0.2) is 0 Å². The van der Waals surface area contributed by atoms with Crippen LogP contribution in [0.3, 0.4) is 0 Å². The summed E-state index contributed by atoms with van der Waals surface area (Å²) in [5.74, 6) is -0.250. The first-order valence-corrected chi connectivity index (χ1v) is 5.40. The van der Waals surface area contributed by atoms with Crippen LogP contribution < -0.4 is 0 Å². The van der Waals surface area contributed by atoms with Gasteiger partial charge in [0.25, 0.3) is 11.6 Å². The molecule has 1 aromatic carbocycles. The first-order chi connectivity index (χ1) is 7.82. The molecule has 0 aliphatic carbocycles. The smallest absolute Gasteiger partial charge is 0.282 e. The number of carbonyl (C=O) groups is 1. The molecule has 0 unspecified atom stereocenters. The van der Waals surface area contributed by atoms with Gasteiger partial charge in [-0.1, -0.05) is 12.1 Å².